The summed E-state index contributed by atoms with van der Waals surface area (Å²) in [5, 5.41) is 0. The Morgan fingerprint density at radius 3 is 2.67 bits per heavy atom. The number of carbonyl (C=O) groups is 1. The Morgan fingerprint density at radius 2 is 2.07 bits per heavy atom. The number of fused-ring (bicyclic) bond motifs is 1. The zero-order chi connectivity index (χ0) is 11.0. The van der Waals surface area contributed by atoms with Gasteiger partial charge in [-0.05, 0) is 52.0 Å². The first-order valence-electron chi connectivity index (χ1n) is 4.66. The number of benzene rings is 1. The summed E-state index contributed by atoms with van der Waals surface area (Å²) in [6.07, 6.45) is 1.22. The van der Waals surface area contributed by atoms with E-state index >= 15 is 0 Å². The highest BCUT2D eigenvalue weighted by Gasteiger charge is 2.28. The van der Waals surface area contributed by atoms with E-state index in [-0.39, 0.29) is 17.7 Å². The standard InChI is InChI=1S/C11H10BrFO2/c1-15-11(14)8-2-6-4-9(12)10(13)5-7(6)3-8/h4-5,8H,2-3H2,1H3. The highest BCUT2D eigenvalue weighted by molar-refractivity contribution is 9.10. The lowest BCUT2D eigenvalue weighted by atomic mass is 10.1. The average Bonchev–Trinajstić information content (AvgIpc) is 2.60. The number of halogens is 2. The Morgan fingerprint density at radius 1 is 1.47 bits per heavy atom. The molecule has 1 aromatic rings. The van der Waals surface area contributed by atoms with Gasteiger partial charge in [-0.1, -0.05) is 0 Å². The van der Waals surface area contributed by atoms with Gasteiger partial charge in [0.1, 0.15) is 5.82 Å². The molecular formula is C11H10BrFO2. The SMILES string of the molecule is COC(=O)C1Cc2cc(F)c(Br)cc2C1. The molecule has 0 amide bonds. The van der Waals surface area contributed by atoms with Gasteiger partial charge in [0.15, 0.2) is 0 Å². The molecule has 15 heavy (non-hydrogen) atoms. The topological polar surface area (TPSA) is 26.3 Å². The number of rotatable bonds is 1. The number of methoxy groups -OCH3 is 1. The maximum Gasteiger partial charge on any atom is 0.309 e. The Kier molecular flexibility index (Phi) is 2.78. The van der Waals surface area contributed by atoms with Gasteiger partial charge in [0.2, 0.25) is 0 Å². The molecule has 0 saturated heterocycles. The number of carbonyl (C=O) groups excluding carboxylic acids is 1. The van der Waals surface area contributed by atoms with Gasteiger partial charge >= 0.3 is 5.97 Å². The van der Waals surface area contributed by atoms with E-state index in [4.69, 9.17) is 0 Å². The fourth-order valence-electron chi connectivity index (χ4n) is 1.95. The molecule has 0 heterocycles. The molecule has 0 fully saturated rings. The molecule has 0 bridgehead atoms. The molecule has 1 aliphatic carbocycles. The molecule has 80 valence electrons. The Balaban J connectivity index is 2.27. The number of ether oxygens (including phenoxy) is 1. The number of esters is 1. The van der Waals surface area contributed by atoms with Gasteiger partial charge in [-0.2, -0.15) is 0 Å². The summed E-state index contributed by atoms with van der Waals surface area (Å²) >= 11 is 3.13. The summed E-state index contributed by atoms with van der Waals surface area (Å²) in [6.45, 7) is 0. The summed E-state index contributed by atoms with van der Waals surface area (Å²) in [4.78, 5) is 11.3. The van der Waals surface area contributed by atoms with Gasteiger partial charge in [-0.25, -0.2) is 4.39 Å². The van der Waals surface area contributed by atoms with Crippen molar-refractivity contribution in [2.75, 3.05) is 7.11 Å². The normalized spacial score (nSPS) is 18.7. The van der Waals surface area contributed by atoms with Crippen molar-refractivity contribution < 1.29 is 13.9 Å². The lowest BCUT2D eigenvalue weighted by Crippen LogP contribution is -2.15. The van der Waals surface area contributed by atoms with Crippen molar-refractivity contribution in [2.45, 2.75) is 12.8 Å². The third-order valence-corrected chi connectivity index (χ3v) is 3.32. The van der Waals surface area contributed by atoms with Gasteiger partial charge < -0.3 is 4.74 Å². The Hall–Kier alpha value is -0.900. The van der Waals surface area contributed by atoms with E-state index in [1.807, 2.05) is 0 Å². The maximum absolute atomic E-state index is 13.2. The molecular weight excluding hydrogens is 263 g/mol. The van der Waals surface area contributed by atoms with Crippen LogP contribution in [0, 0.1) is 11.7 Å². The highest BCUT2D eigenvalue weighted by atomic mass is 79.9. The van der Waals surface area contributed by atoms with Crippen LogP contribution in [0.2, 0.25) is 0 Å². The second-order valence-corrected chi connectivity index (χ2v) is 4.52. The highest BCUT2D eigenvalue weighted by Crippen LogP contribution is 2.31. The third kappa shape index (κ3) is 1.91. The molecule has 1 atom stereocenters. The van der Waals surface area contributed by atoms with Crippen molar-refractivity contribution in [3.8, 4) is 0 Å². The molecule has 0 radical (unpaired) electrons. The zero-order valence-corrected chi connectivity index (χ0v) is 9.80. The van der Waals surface area contributed by atoms with Crippen molar-refractivity contribution in [1.82, 2.24) is 0 Å². The van der Waals surface area contributed by atoms with Crippen LogP contribution < -0.4 is 0 Å². The Bertz CT molecular complexity index is 386. The van der Waals surface area contributed by atoms with Crippen LogP contribution in [0.25, 0.3) is 0 Å². The fraction of sp³-hybridized carbons (Fsp3) is 0.364. The van der Waals surface area contributed by atoms with Crippen LogP contribution >= 0.6 is 15.9 Å². The first-order chi connectivity index (χ1) is 7.11. The van der Waals surface area contributed by atoms with Crippen LogP contribution in [0.1, 0.15) is 11.1 Å². The first kappa shape index (κ1) is 10.6. The van der Waals surface area contributed by atoms with Crippen molar-refractivity contribution >= 4 is 21.9 Å². The maximum atomic E-state index is 13.2. The fourth-order valence-corrected chi connectivity index (χ4v) is 2.34. The lowest BCUT2D eigenvalue weighted by molar-refractivity contribution is -0.145. The van der Waals surface area contributed by atoms with Crippen LogP contribution in [0.15, 0.2) is 16.6 Å². The monoisotopic (exact) mass is 272 g/mol. The van der Waals surface area contributed by atoms with E-state index in [0.29, 0.717) is 17.3 Å². The molecule has 0 saturated carbocycles. The predicted octanol–water partition coefficient (Wildman–Crippen LogP) is 2.48. The molecule has 2 rings (SSSR count). The second-order valence-electron chi connectivity index (χ2n) is 3.66. The minimum absolute atomic E-state index is 0.154. The summed E-state index contributed by atoms with van der Waals surface area (Å²) in [5.74, 6) is -0.652. The average molecular weight is 273 g/mol. The van der Waals surface area contributed by atoms with Gasteiger partial charge in [-0.15, -0.1) is 0 Å². The van der Waals surface area contributed by atoms with E-state index in [2.05, 4.69) is 20.7 Å². The van der Waals surface area contributed by atoms with Crippen LogP contribution in [0.5, 0.6) is 0 Å². The molecule has 1 unspecified atom stereocenters. The van der Waals surface area contributed by atoms with E-state index in [1.54, 1.807) is 6.07 Å². The summed E-state index contributed by atoms with van der Waals surface area (Å²) in [7, 11) is 1.38. The van der Waals surface area contributed by atoms with E-state index in [1.165, 1.54) is 13.2 Å². The first-order valence-corrected chi connectivity index (χ1v) is 5.45. The molecule has 4 heteroatoms. The minimum atomic E-state index is -0.278. The van der Waals surface area contributed by atoms with Crippen LogP contribution in [-0.2, 0) is 22.4 Å². The summed E-state index contributed by atoms with van der Waals surface area (Å²) in [6, 6.07) is 3.23. The largest absolute Gasteiger partial charge is 0.469 e. The number of hydrogen-bond donors (Lipinski definition) is 0. The van der Waals surface area contributed by atoms with Crippen LogP contribution in [0.4, 0.5) is 4.39 Å². The van der Waals surface area contributed by atoms with Crippen LogP contribution in [-0.4, -0.2) is 13.1 Å². The molecule has 0 aliphatic heterocycles. The quantitative estimate of drug-likeness (QED) is 0.735. The van der Waals surface area contributed by atoms with Gasteiger partial charge in [-0.3, -0.25) is 4.79 Å². The lowest BCUT2D eigenvalue weighted by Gasteiger charge is -2.04. The molecule has 1 aromatic carbocycles. The van der Waals surface area contributed by atoms with Gasteiger partial charge in [0, 0.05) is 0 Å². The van der Waals surface area contributed by atoms with E-state index in [9.17, 15) is 9.18 Å². The van der Waals surface area contributed by atoms with E-state index < -0.39 is 0 Å². The van der Waals surface area contributed by atoms with E-state index in [0.717, 1.165) is 11.1 Å². The summed E-state index contributed by atoms with van der Waals surface area (Å²) < 4.78 is 18.4. The number of hydrogen-bond acceptors (Lipinski definition) is 2. The smallest absolute Gasteiger partial charge is 0.309 e. The molecule has 2 nitrogen and oxygen atoms in total. The minimum Gasteiger partial charge on any atom is -0.469 e. The Labute approximate surface area is 95.6 Å². The third-order valence-electron chi connectivity index (χ3n) is 2.71. The molecule has 0 aromatic heterocycles. The molecule has 0 spiro atoms. The molecule has 0 N–H and O–H groups in total. The van der Waals surface area contributed by atoms with Crippen LogP contribution in [0.3, 0.4) is 0 Å². The van der Waals surface area contributed by atoms with Crippen molar-refractivity contribution in [3.05, 3.63) is 33.5 Å². The van der Waals surface area contributed by atoms with Crippen molar-refractivity contribution in [3.63, 3.8) is 0 Å². The second kappa shape index (κ2) is 3.93. The molecule has 1 aliphatic rings. The predicted molar refractivity (Wildman–Crippen MR) is 57.0 cm³/mol. The van der Waals surface area contributed by atoms with Crippen molar-refractivity contribution in [1.29, 1.82) is 0 Å². The van der Waals surface area contributed by atoms with Crippen molar-refractivity contribution in [2.24, 2.45) is 5.92 Å². The summed E-state index contributed by atoms with van der Waals surface area (Å²) in [5.41, 5.74) is 1.93. The van der Waals surface area contributed by atoms with Gasteiger partial charge in [0.25, 0.3) is 0 Å². The zero-order valence-electron chi connectivity index (χ0n) is 8.22. The van der Waals surface area contributed by atoms with Gasteiger partial charge in [0.05, 0.1) is 17.5 Å².